The molecule has 57 heavy (non-hydrogen) atoms. The van der Waals surface area contributed by atoms with Crippen molar-refractivity contribution in [2.75, 3.05) is 4.90 Å². The van der Waals surface area contributed by atoms with Crippen LogP contribution in [-0.4, -0.2) is 9.97 Å². The standard InChI is InChI=1S/C54H43N3/c1-34-41-13-5-4-12-38(41)32-47(34)36-22-27-40(28-23-36)57(52-31-30-46(42-14-6-7-16-45(42)52)53-55-50-18-10-11-19-51(50)56-53)39-25-20-35(21-26-39)37-24-29-44-43-15-8-9-17-48(43)54(2,3)49(44)33-37/h4-8,10-16,18-31,33H,9,17,32H2,1-3H3,(H,55,56). The van der Waals surface area contributed by atoms with Crippen LogP contribution in [0.5, 0.6) is 0 Å². The molecule has 0 fully saturated rings. The number of H-pyrrole nitrogens is 1. The van der Waals surface area contributed by atoms with Gasteiger partial charge in [-0.2, -0.15) is 0 Å². The van der Waals surface area contributed by atoms with Crippen molar-refractivity contribution in [2.24, 2.45) is 0 Å². The number of aromatic nitrogens is 2. The molecule has 3 aliphatic rings. The van der Waals surface area contributed by atoms with Crippen LogP contribution in [0.2, 0.25) is 0 Å². The fourth-order valence-corrected chi connectivity index (χ4v) is 9.86. The lowest BCUT2D eigenvalue weighted by Gasteiger charge is -2.28. The summed E-state index contributed by atoms with van der Waals surface area (Å²) in [7, 11) is 0. The molecule has 3 nitrogen and oxygen atoms in total. The van der Waals surface area contributed by atoms with Crippen molar-refractivity contribution in [1.82, 2.24) is 9.97 Å². The van der Waals surface area contributed by atoms with E-state index in [1.807, 2.05) is 6.07 Å². The van der Waals surface area contributed by atoms with E-state index in [1.54, 1.807) is 5.57 Å². The zero-order valence-corrected chi connectivity index (χ0v) is 32.6. The second kappa shape index (κ2) is 12.9. The smallest absolute Gasteiger partial charge is 0.139 e. The van der Waals surface area contributed by atoms with E-state index in [-0.39, 0.29) is 5.41 Å². The molecule has 0 radical (unpaired) electrons. The third-order valence-corrected chi connectivity index (χ3v) is 12.9. The number of nitrogens with one attached hydrogen (secondary N) is 1. The summed E-state index contributed by atoms with van der Waals surface area (Å²) in [6, 6.07) is 55.7. The maximum Gasteiger partial charge on any atom is 0.139 e. The summed E-state index contributed by atoms with van der Waals surface area (Å²) < 4.78 is 0. The van der Waals surface area contributed by atoms with Crippen LogP contribution >= 0.6 is 0 Å². The van der Waals surface area contributed by atoms with Gasteiger partial charge < -0.3 is 9.88 Å². The lowest BCUT2D eigenvalue weighted by Crippen LogP contribution is -2.17. The minimum Gasteiger partial charge on any atom is -0.338 e. The molecule has 0 saturated carbocycles. The number of rotatable bonds is 6. The van der Waals surface area contributed by atoms with Gasteiger partial charge in [0.1, 0.15) is 5.82 Å². The van der Waals surface area contributed by atoms with Gasteiger partial charge in [0.25, 0.3) is 0 Å². The third-order valence-electron chi connectivity index (χ3n) is 12.9. The monoisotopic (exact) mass is 733 g/mol. The minimum absolute atomic E-state index is 0.0415. The Bertz CT molecular complexity index is 2970. The number of hydrogen-bond acceptors (Lipinski definition) is 2. The Labute approximate surface area is 334 Å². The molecule has 7 aromatic carbocycles. The number of fused-ring (bicyclic) bond motifs is 5. The Morgan fingerprint density at radius 3 is 2.11 bits per heavy atom. The Kier molecular flexibility index (Phi) is 7.62. The number of allylic oxidation sites excluding steroid dienone is 6. The second-order valence-corrected chi connectivity index (χ2v) is 16.4. The molecule has 1 N–H and O–H groups in total. The van der Waals surface area contributed by atoms with Gasteiger partial charge in [0.2, 0.25) is 0 Å². The van der Waals surface area contributed by atoms with Gasteiger partial charge in [0.05, 0.1) is 16.7 Å². The van der Waals surface area contributed by atoms with Crippen LogP contribution in [0.4, 0.5) is 17.1 Å². The average Bonchev–Trinajstić information content (AvgIpc) is 3.91. The topological polar surface area (TPSA) is 31.9 Å². The van der Waals surface area contributed by atoms with Crippen molar-refractivity contribution >= 4 is 55.6 Å². The van der Waals surface area contributed by atoms with E-state index < -0.39 is 0 Å². The largest absolute Gasteiger partial charge is 0.338 e. The molecule has 8 aromatic rings. The first-order valence-electron chi connectivity index (χ1n) is 20.2. The predicted molar refractivity (Wildman–Crippen MR) is 240 cm³/mol. The number of anilines is 3. The molecule has 3 heteroatoms. The highest BCUT2D eigenvalue weighted by molar-refractivity contribution is 6.06. The molecule has 3 aliphatic carbocycles. The fourth-order valence-electron chi connectivity index (χ4n) is 9.86. The van der Waals surface area contributed by atoms with Crippen molar-refractivity contribution in [2.45, 2.75) is 45.4 Å². The molecule has 0 atom stereocenters. The maximum atomic E-state index is 5.00. The highest BCUT2D eigenvalue weighted by Crippen LogP contribution is 2.51. The van der Waals surface area contributed by atoms with Crippen molar-refractivity contribution < 1.29 is 0 Å². The summed E-state index contributed by atoms with van der Waals surface area (Å²) in [4.78, 5) is 11.0. The molecule has 0 saturated heterocycles. The molecule has 274 valence electrons. The molecule has 0 unspecified atom stereocenters. The Balaban J connectivity index is 1.01. The van der Waals surface area contributed by atoms with Gasteiger partial charge in [-0.3, -0.25) is 0 Å². The third kappa shape index (κ3) is 5.37. The number of aromatic amines is 1. The van der Waals surface area contributed by atoms with Crippen LogP contribution in [0.1, 0.15) is 61.4 Å². The maximum absolute atomic E-state index is 5.00. The molecule has 0 bridgehead atoms. The van der Waals surface area contributed by atoms with Crippen molar-refractivity contribution in [3.05, 3.63) is 197 Å². The normalized spacial score (nSPS) is 15.4. The van der Waals surface area contributed by atoms with Crippen molar-refractivity contribution in [3.8, 4) is 22.5 Å². The summed E-state index contributed by atoms with van der Waals surface area (Å²) in [5.74, 6) is 0.880. The molecule has 1 heterocycles. The van der Waals surface area contributed by atoms with Gasteiger partial charge in [-0.15, -0.1) is 0 Å². The van der Waals surface area contributed by atoms with E-state index in [9.17, 15) is 0 Å². The highest BCUT2D eigenvalue weighted by Gasteiger charge is 2.37. The van der Waals surface area contributed by atoms with Crippen LogP contribution < -0.4 is 4.90 Å². The SMILES string of the molecule is CC1=C(c2ccc(N(c3ccc(-c4ccc5c(c4)C(C)(C)C4=C5C=CCC4)cc3)c3ccc(-c4nc5ccccc5[nH]4)c4ccccc34)cc2)Cc2ccccc21. The quantitative estimate of drug-likeness (QED) is 0.185. The van der Waals surface area contributed by atoms with Gasteiger partial charge in [-0.1, -0.05) is 129 Å². The zero-order valence-electron chi connectivity index (χ0n) is 32.6. The van der Waals surface area contributed by atoms with E-state index >= 15 is 0 Å². The summed E-state index contributed by atoms with van der Waals surface area (Å²) in [6.45, 7) is 7.07. The van der Waals surface area contributed by atoms with Crippen LogP contribution in [0.25, 0.3) is 61.0 Å². The number of imidazole rings is 1. The molecular formula is C54H43N3. The predicted octanol–water partition coefficient (Wildman–Crippen LogP) is 14.4. The molecule has 0 spiro atoms. The lowest BCUT2D eigenvalue weighted by atomic mass is 9.78. The number of nitrogens with zero attached hydrogens (tertiary/aromatic N) is 2. The van der Waals surface area contributed by atoms with Crippen LogP contribution in [0.3, 0.4) is 0 Å². The van der Waals surface area contributed by atoms with Gasteiger partial charge in [0.15, 0.2) is 0 Å². The summed E-state index contributed by atoms with van der Waals surface area (Å²) in [6.07, 6.45) is 7.92. The number of para-hydroxylation sites is 2. The van der Waals surface area contributed by atoms with Gasteiger partial charge in [-0.05, 0) is 142 Å². The molecule has 0 amide bonds. The van der Waals surface area contributed by atoms with E-state index in [0.29, 0.717) is 0 Å². The molecule has 11 rings (SSSR count). The first kappa shape index (κ1) is 33.6. The van der Waals surface area contributed by atoms with E-state index in [4.69, 9.17) is 4.98 Å². The number of benzene rings is 7. The van der Waals surface area contributed by atoms with E-state index in [1.165, 1.54) is 61.0 Å². The zero-order chi connectivity index (χ0) is 38.3. The van der Waals surface area contributed by atoms with Crippen LogP contribution in [-0.2, 0) is 11.8 Å². The lowest BCUT2D eigenvalue weighted by molar-refractivity contribution is 0.607. The first-order valence-corrected chi connectivity index (χ1v) is 20.2. The summed E-state index contributed by atoms with van der Waals surface area (Å²) >= 11 is 0. The average molecular weight is 734 g/mol. The number of hydrogen-bond donors (Lipinski definition) is 1. The van der Waals surface area contributed by atoms with Crippen LogP contribution in [0, 0.1) is 0 Å². The molecule has 0 aliphatic heterocycles. The van der Waals surface area contributed by atoms with Gasteiger partial charge in [0, 0.05) is 27.7 Å². The van der Waals surface area contributed by atoms with Crippen molar-refractivity contribution in [3.63, 3.8) is 0 Å². The van der Waals surface area contributed by atoms with Crippen LogP contribution in [0.15, 0.2) is 169 Å². The van der Waals surface area contributed by atoms with Gasteiger partial charge >= 0.3 is 0 Å². The Morgan fingerprint density at radius 2 is 1.32 bits per heavy atom. The highest BCUT2D eigenvalue weighted by atomic mass is 15.1. The van der Waals surface area contributed by atoms with Crippen molar-refractivity contribution in [1.29, 1.82) is 0 Å². The minimum atomic E-state index is 0.0415. The van der Waals surface area contributed by atoms with Gasteiger partial charge in [-0.25, -0.2) is 4.98 Å². The molecular weight excluding hydrogens is 691 g/mol. The Morgan fingerprint density at radius 1 is 0.632 bits per heavy atom. The summed E-state index contributed by atoms with van der Waals surface area (Å²) in [5.41, 5.74) is 21.7. The fraction of sp³-hybridized carbons (Fsp3) is 0.130. The van der Waals surface area contributed by atoms with E-state index in [2.05, 4.69) is 188 Å². The molecule has 1 aromatic heterocycles. The second-order valence-electron chi connectivity index (χ2n) is 16.4. The van der Waals surface area contributed by atoms with E-state index in [0.717, 1.165) is 64.1 Å². The Hall–Kier alpha value is -6.71. The first-order chi connectivity index (χ1) is 27.9. The summed E-state index contributed by atoms with van der Waals surface area (Å²) in [5, 5.41) is 2.32.